The lowest BCUT2D eigenvalue weighted by Gasteiger charge is -2.06. The number of carbonyl (C=O) groups excluding carboxylic acids is 1. The van der Waals surface area contributed by atoms with Gasteiger partial charge in [0.15, 0.2) is 0 Å². The molecule has 1 amide bonds. The van der Waals surface area contributed by atoms with E-state index in [1.807, 2.05) is 43.3 Å². The molecule has 0 unspecified atom stereocenters. The van der Waals surface area contributed by atoms with Gasteiger partial charge in [-0.25, -0.2) is 9.66 Å². The van der Waals surface area contributed by atoms with Gasteiger partial charge in [-0.15, -0.1) is 11.3 Å². The zero-order chi connectivity index (χ0) is 18.8. The molecule has 8 heteroatoms. The normalized spacial score (nSPS) is 11.0. The topological polar surface area (TPSA) is 81.8 Å². The van der Waals surface area contributed by atoms with Crippen molar-refractivity contribution in [1.29, 1.82) is 0 Å². The van der Waals surface area contributed by atoms with Crippen LogP contribution < -0.4 is 11.0 Å². The Balaban J connectivity index is 1.53. The highest BCUT2D eigenvalue weighted by atomic mass is 32.1. The van der Waals surface area contributed by atoms with Crippen LogP contribution in [0.15, 0.2) is 59.9 Å². The molecule has 136 valence electrons. The summed E-state index contributed by atoms with van der Waals surface area (Å²) >= 11 is 1.49. The average Bonchev–Trinajstić information content (AvgIpc) is 3.32. The zero-order valence-corrected chi connectivity index (χ0v) is 15.4. The summed E-state index contributed by atoms with van der Waals surface area (Å²) < 4.78 is 2.80. The molecule has 0 aliphatic heterocycles. The number of benzene rings is 1. The largest absolute Gasteiger partial charge is 0.280 e. The molecular weight excluding hydrogens is 362 g/mol. The first kappa shape index (κ1) is 17.2. The predicted octanol–water partition coefficient (Wildman–Crippen LogP) is 2.65. The SMILES string of the molecule is CCc1cc2c(=O)n(NC(=O)c3cnn(Cc4ccccc4)c3)cnc2s1. The summed E-state index contributed by atoms with van der Waals surface area (Å²) in [4.78, 5) is 31.1. The van der Waals surface area contributed by atoms with Crippen molar-refractivity contribution in [2.75, 3.05) is 5.43 Å². The lowest BCUT2D eigenvalue weighted by atomic mass is 10.2. The lowest BCUT2D eigenvalue weighted by Crippen LogP contribution is -2.32. The second-order valence-electron chi connectivity index (χ2n) is 6.06. The van der Waals surface area contributed by atoms with Crippen molar-refractivity contribution in [3.8, 4) is 0 Å². The maximum atomic E-state index is 12.6. The van der Waals surface area contributed by atoms with Gasteiger partial charge < -0.3 is 0 Å². The van der Waals surface area contributed by atoms with E-state index in [0.29, 0.717) is 22.3 Å². The Bertz CT molecular complexity index is 1160. The van der Waals surface area contributed by atoms with Crippen molar-refractivity contribution in [3.05, 3.63) is 81.5 Å². The molecule has 1 N–H and O–H groups in total. The van der Waals surface area contributed by atoms with E-state index in [1.165, 1.54) is 23.9 Å². The van der Waals surface area contributed by atoms with Gasteiger partial charge in [0.2, 0.25) is 0 Å². The van der Waals surface area contributed by atoms with Crippen LogP contribution >= 0.6 is 11.3 Å². The standard InChI is InChI=1S/C19H17N5O2S/c1-2-15-8-16-18(27-15)20-12-24(19(16)26)22-17(25)14-9-21-23(11-14)10-13-6-4-3-5-7-13/h3-9,11-12H,2,10H2,1H3,(H,22,25). The first-order valence-corrected chi connectivity index (χ1v) is 9.33. The molecule has 0 atom stereocenters. The fraction of sp³-hybridized carbons (Fsp3) is 0.158. The van der Waals surface area contributed by atoms with Crippen molar-refractivity contribution in [2.24, 2.45) is 0 Å². The third-order valence-corrected chi connectivity index (χ3v) is 5.34. The van der Waals surface area contributed by atoms with Gasteiger partial charge in [-0.2, -0.15) is 5.10 Å². The summed E-state index contributed by atoms with van der Waals surface area (Å²) in [6.07, 6.45) is 5.31. The molecule has 7 nitrogen and oxygen atoms in total. The Hall–Kier alpha value is -3.26. The van der Waals surface area contributed by atoms with Crippen molar-refractivity contribution in [2.45, 2.75) is 19.9 Å². The van der Waals surface area contributed by atoms with Gasteiger partial charge in [0, 0.05) is 11.1 Å². The molecule has 0 aliphatic rings. The van der Waals surface area contributed by atoms with Crippen LogP contribution in [0.3, 0.4) is 0 Å². The van der Waals surface area contributed by atoms with Gasteiger partial charge in [0.1, 0.15) is 11.2 Å². The molecule has 0 fully saturated rings. The number of aryl methyl sites for hydroxylation is 1. The number of amides is 1. The van der Waals surface area contributed by atoms with Crippen molar-refractivity contribution in [3.63, 3.8) is 0 Å². The Kier molecular flexibility index (Phi) is 4.55. The van der Waals surface area contributed by atoms with E-state index in [0.717, 1.165) is 21.5 Å². The summed E-state index contributed by atoms with van der Waals surface area (Å²) in [7, 11) is 0. The summed E-state index contributed by atoms with van der Waals surface area (Å²) in [5.41, 5.74) is 3.74. The molecule has 0 aliphatic carbocycles. The number of hydrogen-bond donors (Lipinski definition) is 1. The summed E-state index contributed by atoms with van der Waals surface area (Å²) in [5, 5.41) is 4.73. The number of fused-ring (bicyclic) bond motifs is 1. The van der Waals surface area contributed by atoms with Crippen LogP contribution in [0.4, 0.5) is 0 Å². The van der Waals surface area contributed by atoms with E-state index in [-0.39, 0.29) is 5.56 Å². The van der Waals surface area contributed by atoms with E-state index in [2.05, 4.69) is 15.5 Å². The van der Waals surface area contributed by atoms with Gasteiger partial charge in [0.05, 0.1) is 23.7 Å². The third kappa shape index (κ3) is 3.52. The monoisotopic (exact) mass is 379 g/mol. The Morgan fingerprint density at radius 3 is 2.85 bits per heavy atom. The number of aromatic nitrogens is 4. The summed E-state index contributed by atoms with van der Waals surface area (Å²) in [6.45, 7) is 2.59. The van der Waals surface area contributed by atoms with Gasteiger partial charge in [-0.05, 0) is 18.1 Å². The van der Waals surface area contributed by atoms with Crippen LogP contribution in [0.5, 0.6) is 0 Å². The quantitative estimate of drug-likeness (QED) is 0.578. The first-order chi connectivity index (χ1) is 13.1. The highest BCUT2D eigenvalue weighted by Gasteiger charge is 2.13. The fourth-order valence-electron chi connectivity index (χ4n) is 2.74. The van der Waals surface area contributed by atoms with Crippen molar-refractivity contribution >= 4 is 27.5 Å². The second kappa shape index (κ2) is 7.16. The molecule has 0 bridgehead atoms. The highest BCUT2D eigenvalue weighted by Crippen LogP contribution is 2.20. The molecule has 27 heavy (non-hydrogen) atoms. The highest BCUT2D eigenvalue weighted by molar-refractivity contribution is 7.18. The predicted molar refractivity (Wildman–Crippen MR) is 105 cm³/mol. The van der Waals surface area contributed by atoms with Gasteiger partial charge in [0.25, 0.3) is 11.5 Å². The minimum absolute atomic E-state index is 0.291. The fourth-order valence-corrected chi connectivity index (χ4v) is 3.66. The summed E-state index contributed by atoms with van der Waals surface area (Å²) in [5.74, 6) is -0.413. The number of nitrogens with zero attached hydrogens (tertiary/aromatic N) is 4. The first-order valence-electron chi connectivity index (χ1n) is 8.52. The van der Waals surface area contributed by atoms with Crippen LogP contribution in [0.2, 0.25) is 0 Å². The second-order valence-corrected chi connectivity index (χ2v) is 7.17. The number of nitrogens with one attached hydrogen (secondary N) is 1. The third-order valence-electron chi connectivity index (χ3n) is 4.16. The molecule has 4 rings (SSSR count). The average molecular weight is 379 g/mol. The number of hydrogen-bond acceptors (Lipinski definition) is 5. The minimum Gasteiger partial charge on any atom is -0.268 e. The zero-order valence-electron chi connectivity index (χ0n) is 14.6. The molecular formula is C19H17N5O2S. The number of thiophene rings is 1. The maximum Gasteiger partial charge on any atom is 0.280 e. The van der Waals surface area contributed by atoms with Crippen LogP contribution in [0.25, 0.3) is 10.2 Å². The lowest BCUT2D eigenvalue weighted by molar-refractivity contribution is 0.101. The summed E-state index contributed by atoms with van der Waals surface area (Å²) in [6, 6.07) is 11.7. The Labute approximate surface area is 158 Å². The number of carbonyl (C=O) groups is 1. The van der Waals surface area contributed by atoms with Crippen LogP contribution in [0.1, 0.15) is 27.7 Å². The molecule has 0 spiro atoms. The molecule has 0 radical (unpaired) electrons. The van der Waals surface area contributed by atoms with E-state index >= 15 is 0 Å². The van der Waals surface area contributed by atoms with Crippen LogP contribution in [-0.4, -0.2) is 25.3 Å². The van der Waals surface area contributed by atoms with Gasteiger partial charge >= 0.3 is 0 Å². The minimum atomic E-state index is -0.413. The smallest absolute Gasteiger partial charge is 0.268 e. The molecule has 4 aromatic rings. The van der Waals surface area contributed by atoms with Crippen LogP contribution in [0, 0.1) is 0 Å². The maximum absolute atomic E-state index is 12.6. The Morgan fingerprint density at radius 2 is 2.07 bits per heavy atom. The van der Waals surface area contributed by atoms with Crippen LogP contribution in [-0.2, 0) is 13.0 Å². The molecule has 1 aromatic carbocycles. The van der Waals surface area contributed by atoms with Gasteiger partial charge in [-0.1, -0.05) is 37.3 Å². The van der Waals surface area contributed by atoms with Crippen molar-refractivity contribution in [1.82, 2.24) is 19.4 Å². The molecule has 3 aromatic heterocycles. The van der Waals surface area contributed by atoms with E-state index in [4.69, 9.17) is 0 Å². The molecule has 3 heterocycles. The van der Waals surface area contributed by atoms with E-state index in [1.54, 1.807) is 10.9 Å². The number of rotatable bonds is 5. The molecule has 0 saturated carbocycles. The Morgan fingerprint density at radius 1 is 1.26 bits per heavy atom. The van der Waals surface area contributed by atoms with E-state index < -0.39 is 5.91 Å². The van der Waals surface area contributed by atoms with Gasteiger partial charge in [-0.3, -0.25) is 19.7 Å². The van der Waals surface area contributed by atoms with Crippen molar-refractivity contribution < 1.29 is 4.79 Å². The van der Waals surface area contributed by atoms with E-state index in [9.17, 15) is 9.59 Å². The molecule has 0 saturated heterocycles.